The second-order valence-electron chi connectivity index (χ2n) is 5.97. The van der Waals surface area contributed by atoms with Crippen LogP contribution in [0.1, 0.15) is 37.0 Å². The molecule has 0 saturated carbocycles. The van der Waals surface area contributed by atoms with Gasteiger partial charge < -0.3 is 15.6 Å². The minimum absolute atomic E-state index is 0.0703. The van der Waals surface area contributed by atoms with Crippen LogP contribution in [0.15, 0.2) is 60.0 Å². The summed E-state index contributed by atoms with van der Waals surface area (Å²) < 4.78 is 43.5. The van der Waals surface area contributed by atoms with Gasteiger partial charge in [-0.05, 0) is 23.8 Å². The van der Waals surface area contributed by atoms with Gasteiger partial charge in [0.05, 0.1) is 11.9 Å². The fraction of sp³-hybridized carbons (Fsp3) is 0.250. The molecule has 0 aromatic heterocycles. The third kappa shape index (κ3) is 3.49. The predicted octanol–water partition coefficient (Wildman–Crippen LogP) is 5.14. The zero-order valence-corrected chi connectivity index (χ0v) is 15.0. The van der Waals surface area contributed by atoms with E-state index in [0.29, 0.717) is 17.1 Å². The summed E-state index contributed by atoms with van der Waals surface area (Å²) >= 11 is 0. The van der Waals surface area contributed by atoms with Crippen molar-refractivity contribution in [2.24, 2.45) is 5.73 Å². The number of halogens is 3. The van der Waals surface area contributed by atoms with Gasteiger partial charge >= 0.3 is 6.18 Å². The maximum absolute atomic E-state index is 12.6. The summed E-state index contributed by atoms with van der Waals surface area (Å²) in [6, 6.07) is 12.0. The summed E-state index contributed by atoms with van der Waals surface area (Å²) in [5, 5.41) is 15.9. The molecule has 0 fully saturated rings. The molecule has 0 spiro atoms. The van der Waals surface area contributed by atoms with E-state index in [4.69, 9.17) is 10.1 Å². The lowest BCUT2D eigenvalue weighted by Crippen LogP contribution is -2.14. The number of allylic oxidation sites excluding steroid dienone is 2. The van der Waals surface area contributed by atoms with Gasteiger partial charge in [-0.25, -0.2) is 0 Å². The highest BCUT2D eigenvalue weighted by Crippen LogP contribution is 2.64. The average Bonchev–Trinajstić information content (AvgIpc) is 3.04. The van der Waals surface area contributed by atoms with Crippen molar-refractivity contribution in [3.8, 4) is 5.75 Å². The summed E-state index contributed by atoms with van der Waals surface area (Å²) in [7, 11) is 0. The standard InChI is InChI=1S/C16H9F3O2.C3H8.CH4N2/c17-16(18,19)10-7-5-9(6-8-10)15-11-3-1-2-4-12(11)21-14(15)13(15)20;1-3-2;2-1-3/h1-8,20H;3H2,1-2H3;1H,(H3,2,3). The molecule has 2 aromatic carbocycles. The average molecular weight is 378 g/mol. The molecule has 1 aliphatic carbocycles. The highest BCUT2D eigenvalue weighted by Gasteiger charge is 2.65. The van der Waals surface area contributed by atoms with Gasteiger partial charge in [0.15, 0.2) is 11.5 Å². The van der Waals surface area contributed by atoms with Crippen molar-refractivity contribution >= 4 is 6.34 Å². The maximum Gasteiger partial charge on any atom is 0.416 e. The molecule has 7 heteroatoms. The van der Waals surface area contributed by atoms with Crippen molar-refractivity contribution in [1.82, 2.24) is 0 Å². The number of aliphatic hydroxyl groups is 1. The molecule has 4 nitrogen and oxygen atoms in total. The molecular weight excluding hydrogens is 357 g/mol. The monoisotopic (exact) mass is 378 g/mol. The number of hydrogen-bond donors (Lipinski definition) is 3. The highest BCUT2D eigenvalue weighted by molar-refractivity contribution is 5.73. The fourth-order valence-electron chi connectivity index (χ4n) is 2.93. The molecule has 0 bridgehead atoms. The molecule has 0 amide bonds. The van der Waals surface area contributed by atoms with E-state index in [1.54, 1.807) is 6.07 Å². The third-order valence-electron chi connectivity index (χ3n) is 4.00. The fourth-order valence-corrected chi connectivity index (χ4v) is 2.93. The van der Waals surface area contributed by atoms with Crippen molar-refractivity contribution in [2.45, 2.75) is 31.9 Å². The van der Waals surface area contributed by atoms with Gasteiger partial charge in [-0.1, -0.05) is 50.6 Å². The van der Waals surface area contributed by atoms with E-state index in [-0.39, 0.29) is 5.76 Å². The first-order valence-electron chi connectivity index (χ1n) is 8.38. The zero-order chi connectivity index (χ0) is 20.2. The Morgan fingerprint density at radius 1 is 1.11 bits per heavy atom. The number of para-hydroxylation sites is 1. The smallest absolute Gasteiger partial charge is 0.416 e. The lowest BCUT2D eigenvalue weighted by atomic mass is 9.85. The first kappa shape index (κ1) is 20.4. The van der Waals surface area contributed by atoms with E-state index < -0.39 is 17.2 Å². The van der Waals surface area contributed by atoms with Gasteiger partial charge in [0.2, 0.25) is 0 Å². The molecular formula is C20H21F3N2O2. The van der Waals surface area contributed by atoms with Gasteiger partial charge in [-0.3, -0.25) is 5.41 Å². The van der Waals surface area contributed by atoms with Crippen molar-refractivity contribution in [1.29, 1.82) is 5.41 Å². The maximum atomic E-state index is 12.6. The number of rotatable bonds is 1. The van der Waals surface area contributed by atoms with Crippen LogP contribution in [0, 0.1) is 5.41 Å². The Hall–Kier alpha value is -2.96. The summed E-state index contributed by atoms with van der Waals surface area (Å²) in [4.78, 5) is 0. The Morgan fingerprint density at radius 2 is 1.63 bits per heavy atom. The number of nitrogens with two attached hydrogens (primary N) is 1. The van der Waals surface area contributed by atoms with E-state index in [1.165, 1.54) is 18.6 Å². The van der Waals surface area contributed by atoms with Crippen molar-refractivity contribution in [3.63, 3.8) is 0 Å². The quantitative estimate of drug-likeness (QED) is 0.475. The minimum atomic E-state index is -4.37. The molecule has 1 unspecified atom stereocenters. The number of nitrogens with one attached hydrogen (secondary N) is 1. The Labute approximate surface area is 155 Å². The Kier molecular flexibility index (Phi) is 5.83. The van der Waals surface area contributed by atoms with E-state index in [9.17, 15) is 18.3 Å². The number of hydrogen-bond acceptors (Lipinski definition) is 3. The Balaban J connectivity index is 0.000000389. The van der Waals surface area contributed by atoms with Gasteiger partial charge in [0.1, 0.15) is 11.2 Å². The highest BCUT2D eigenvalue weighted by atomic mass is 19.4. The first-order chi connectivity index (χ1) is 12.8. The van der Waals surface area contributed by atoms with Gasteiger partial charge in [0, 0.05) is 5.56 Å². The van der Waals surface area contributed by atoms with E-state index in [2.05, 4.69) is 19.6 Å². The van der Waals surface area contributed by atoms with Crippen molar-refractivity contribution in [3.05, 3.63) is 76.7 Å². The molecule has 1 aliphatic heterocycles. The predicted molar refractivity (Wildman–Crippen MR) is 97.9 cm³/mol. The number of fused-ring (bicyclic) bond motifs is 3. The van der Waals surface area contributed by atoms with E-state index >= 15 is 0 Å². The molecule has 144 valence electrons. The molecule has 27 heavy (non-hydrogen) atoms. The van der Waals surface area contributed by atoms with E-state index in [1.807, 2.05) is 18.2 Å². The SMILES string of the molecule is CCC.N=CN.OC1=C2Oc3ccccc3C12c1ccc(C(F)(F)F)cc1. The van der Waals surface area contributed by atoms with E-state index in [0.717, 1.165) is 24.0 Å². The number of benzene rings is 2. The van der Waals surface area contributed by atoms with Crippen LogP contribution in [-0.2, 0) is 11.6 Å². The van der Waals surface area contributed by atoms with Crippen LogP contribution in [0.2, 0.25) is 0 Å². The van der Waals surface area contributed by atoms with Crippen LogP contribution in [0.25, 0.3) is 0 Å². The van der Waals surface area contributed by atoms with Crippen molar-refractivity contribution < 1.29 is 23.0 Å². The van der Waals surface area contributed by atoms with Gasteiger partial charge in [-0.2, -0.15) is 13.2 Å². The minimum Gasteiger partial charge on any atom is -0.507 e. The molecule has 0 saturated heterocycles. The zero-order valence-electron chi connectivity index (χ0n) is 15.0. The third-order valence-corrected chi connectivity index (χ3v) is 4.00. The Bertz CT molecular complexity index is 845. The normalized spacial score (nSPS) is 18.7. The summed E-state index contributed by atoms with van der Waals surface area (Å²) in [5.74, 6) is 1.11. The Morgan fingerprint density at radius 3 is 2.15 bits per heavy atom. The second-order valence-corrected chi connectivity index (χ2v) is 5.97. The van der Waals surface area contributed by atoms with Crippen LogP contribution in [0.3, 0.4) is 0 Å². The molecule has 0 radical (unpaired) electrons. The molecule has 2 aromatic rings. The molecule has 4 N–H and O–H groups in total. The summed E-state index contributed by atoms with van der Waals surface area (Å²) in [6.07, 6.45) is -2.37. The van der Waals surface area contributed by atoms with Crippen molar-refractivity contribution in [2.75, 3.05) is 0 Å². The molecule has 4 rings (SSSR count). The summed E-state index contributed by atoms with van der Waals surface area (Å²) in [5.41, 5.74) is 4.13. The lowest BCUT2D eigenvalue weighted by molar-refractivity contribution is -0.137. The molecule has 2 aliphatic rings. The van der Waals surface area contributed by atoms with Crippen LogP contribution in [0.4, 0.5) is 13.2 Å². The number of alkyl halides is 3. The van der Waals surface area contributed by atoms with Gasteiger partial charge in [0.25, 0.3) is 0 Å². The lowest BCUT2D eigenvalue weighted by Gasteiger charge is -2.15. The number of ether oxygens (including phenoxy) is 1. The van der Waals surface area contributed by atoms with Crippen LogP contribution >= 0.6 is 0 Å². The summed E-state index contributed by atoms with van der Waals surface area (Å²) in [6.45, 7) is 4.25. The second kappa shape index (κ2) is 7.73. The number of aliphatic hydroxyl groups excluding tert-OH is 1. The topological polar surface area (TPSA) is 79.3 Å². The van der Waals surface area contributed by atoms with Gasteiger partial charge in [-0.15, -0.1) is 0 Å². The van der Waals surface area contributed by atoms with Crippen LogP contribution in [-0.4, -0.2) is 11.4 Å². The molecule has 1 atom stereocenters. The largest absolute Gasteiger partial charge is 0.507 e. The van der Waals surface area contributed by atoms with Crippen LogP contribution < -0.4 is 10.5 Å². The first-order valence-corrected chi connectivity index (χ1v) is 8.38. The van der Waals surface area contributed by atoms with Crippen LogP contribution in [0.5, 0.6) is 5.75 Å². The molecule has 1 heterocycles.